The average molecular weight is 401 g/mol. The number of carboxylic acids is 1. The van der Waals surface area contributed by atoms with E-state index in [0.29, 0.717) is 5.56 Å². The lowest BCUT2D eigenvalue weighted by Crippen LogP contribution is -2.05. The van der Waals surface area contributed by atoms with E-state index in [1.165, 1.54) is 23.3 Å². The molecule has 4 rings (SSSR count). The van der Waals surface area contributed by atoms with Crippen LogP contribution in [0, 0.1) is 0 Å². The zero-order chi connectivity index (χ0) is 20.6. The first-order chi connectivity index (χ1) is 13.8. The molecule has 29 heavy (non-hydrogen) atoms. The van der Waals surface area contributed by atoms with Crippen molar-refractivity contribution >= 4 is 5.97 Å². The summed E-state index contributed by atoms with van der Waals surface area (Å²) < 4.78 is 46.3. The Morgan fingerprint density at radius 3 is 2.45 bits per heavy atom. The second-order valence-electron chi connectivity index (χ2n) is 5.83. The first kappa shape index (κ1) is 18.3. The van der Waals surface area contributed by atoms with Gasteiger partial charge in [-0.3, -0.25) is 4.57 Å². The standard InChI is InChI=1S/C18H10F3N5O3/c19-18(20,21)16-14(15(25-29-16)10-4-2-1-3-5-10)12-8-26(9-24-12)13-7-22-11(6-23-13)17(27)28/h1-9H,(H,27,28). The minimum Gasteiger partial charge on any atom is -0.476 e. The number of nitrogens with zero attached hydrogens (tertiary/aromatic N) is 5. The number of carboxylic acid groups (broad SMARTS) is 1. The number of aromatic nitrogens is 5. The third-order valence-electron chi connectivity index (χ3n) is 3.96. The number of alkyl halides is 3. The van der Waals surface area contributed by atoms with E-state index in [1.807, 2.05) is 0 Å². The molecule has 0 fully saturated rings. The van der Waals surface area contributed by atoms with Crippen molar-refractivity contribution in [2.24, 2.45) is 0 Å². The second kappa shape index (κ2) is 6.86. The normalized spacial score (nSPS) is 11.6. The van der Waals surface area contributed by atoms with Gasteiger partial charge in [0, 0.05) is 11.8 Å². The molecule has 3 heterocycles. The van der Waals surface area contributed by atoms with E-state index in [2.05, 4.69) is 24.6 Å². The monoisotopic (exact) mass is 401 g/mol. The Hall–Kier alpha value is -4.02. The number of hydrogen-bond acceptors (Lipinski definition) is 6. The van der Waals surface area contributed by atoms with Gasteiger partial charge in [0.1, 0.15) is 12.0 Å². The lowest BCUT2D eigenvalue weighted by molar-refractivity contribution is -0.154. The minimum absolute atomic E-state index is 0.00418. The van der Waals surface area contributed by atoms with Gasteiger partial charge in [0.05, 0.1) is 23.7 Å². The van der Waals surface area contributed by atoms with Gasteiger partial charge in [-0.1, -0.05) is 35.5 Å². The maximum absolute atomic E-state index is 13.5. The van der Waals surface area contributed by atoms with E-state index in [-0.39, 0.29) is 28.5 Å². The van der Waals surface area contributed by atoms with Crippen LogP contribution in [0.3, 0.4) is 0 Å². The largest absolute Gasteiger partial charge is 0.476 e. The summed E-state index contributed by atoms with van der Waals surface area (Å²) >= 11 is 0. The molecular weight excluding hydrogens is 391 g/mol. The number of halogens is 3. The highest BCUT2D eigenvalue weighted by molar-refractivity contribution is 5.84. The molecule has 0 aliphatic rings. The van der Waals surface area contributed by atoms with E-state index in [1.54, 1.807) is 30.3 Å². The molecule has 0 unspecified atom stereocenters. The Morgan fingerprint density at radius 2 is 1.83 bits per heavy atom. The van der Waals surface area contributed by atoms with Crippen molar-refractivity contribution in [3.63, 3.8) is 0 Å². The van der Waals surface area contributed by atoms with Crippen molar-refractivity contribution in [1.82, 2.24) is 24.7 Å². The summed E-state index contributed by atoms with van der Waals surface area (Å²) in [6, 6.07) is 8.27. The van der Waals surface area contributed by atoms with Crippen LogP contribution in [-0.4, -0.2) is 35.8 Å². The molecule has 0 bridgehead atoms. The fourth-order valence-electron chi connectivity index (χ4n) is 2.66. The van der Waals surface area contributed by atoms with Crippen LogP contribution in [0.5, 0.6) is 0 Å². The third kappa shape index (κ3) is 3.45. The molecule has 0 spiro atoms. The van der Waals surface area contributed by atoms with Crippen LogP contribution >= 0.6 is 0 Å². The molecule has 0 saturated heterocycles. The summed E-state index contributed by atoms with van der Waals surface area (Å²) in [7, 11) is 0. The van der Waals surface area contributed by atoms with E-state index >= 15 is 0 Å². The van der Waals surface area contributed by atoms with E-state index < -0.39 is 17.9 Å². The van der Waals surface area contributed by atoms with Gasteiger partial charge >= 0.3 is 12.1 Å². The van der Waals surface area contributed by atoms with Gasteiger partial charge in [-0.05, 0) is 0 Å². The maximum Gasteiger partial charge on any atom is 0.453 e. The third-order valence-corrected chi connectivity index (χ3v) is 3.96. The van der Waals surface area contributed by atoms with Crippen LogP contribution < -0.4 is 0 Å². The molecule has 0 amide bonds. The van der Waals surface area contributed by atoms with Crippen molar-refractivity contribution in [3.05, 3.63) is 66.7 Å². The summed E-state index contributed by atoms with van der Waals surface area (Å²) in [5.41, 5.74) is -0.185. The predicted octanol–water partition coefficient (Wildman–Crippen LogP) is 3.70. The van der Waals surface area contributed by atoms with Gasteiger partial charge in [0.25, 0.3) is 0 Å². The molecule has 0 saturated carbocycles. The highest BCUT2D eigenvalue weighted by atomic mass is 19.4. The summed E-state index contributed by atoms with van der Waals surface area (Å²) in [6.45, 7) is 0. The molecule has 0 radical (unpaired) electrons. The highest BCUT2D eigenvalue weighted by Crippen LogP contribution is 2.42. The van der Waals surface area contributed by atoms with Crippen molar-refractivity contribution < 1.29 is 27.6 Å². The molecular formula is C18H10F3N5O3. The number of benzene rings is 1. The van der Waals surface area contributed by atoms with E-state index in [0.717, 1.165) is 6.20 Å². The Balaban J connectivity index is 1.81. The molecule has 3 aromatic heterocycles. The van der Waals surface area contributed by atoms with Crippen LogP contribution in [0.25, 0.3) is 28.3 Å². The molecule has 0 atom stereocenters. The number of carbonyl (C=O) groups is 1. The average Bonchev–Trinajstić information content (AvgIpc) is 3.35. The Kier molecular flexibility index (Phi) is 4.34. The van der Waals surface area contributed by atoms with Gasteiger partial charge in [0.15, 0.2) is 11.5 Å². The molecule has 11 heteroatoms. The van der Waals surface area contributed by atoms with Crippen LogP contribution in [0.1, 0.15) is 16.2 Å². The van der Waals surface area contributed by atoms with Crippen LogP contribution in [-0.2, 0) is 6.18 Å². The predicted molar refractivity (Wildman–Crippen MR) is 92.0 cm³/mol. The molecule has 146 valence electrons. The molecule has 1 aromatic carbocycles. The van der Waals surface area contributed by atoms with Gasteiger partial charge in [-0.15, -0.1) is 0 Å². The molecule has 1 N–H and O–H groups in total. The topological polar surface area (TPSA) is 107 Å². The molecule has 8 nitrogen and oxygen atoms in total. The van der Waals surface area contributed by atoms with Crippen molar-refractivity contribution in [2.75, 3.05) is 0 Å². The summed E-state index contributed by atoms with van der Waals surface area (Å²) in [5.74, 6) is -2.34. The smallest absolute Gasteiger partial charge is 0.453 e. The first-order valence-corrected chi connectivity index (χ1v) is 8.07. The van der Waals surface area contributed by atoms with Gasteiger partial charge in [0.2, 0.25) is 5.76 Å². The zero-order valence-corrected chi connectivity index (χ0v) is 14.3. The number of hydrogen-bond donors (Lipinski definition) is 1. The van der Waals surface area contributed by atoms with Crippen molar-refractivity contribution in [3.8, 4) is 28.3 Å². The number of aromatic carboxylic acids is 1. The number of imidazole rings is 1. The van der Waals surface area contributed by atoms with Crippen LogP contribution in [0.2, 0.25) is 0 Å². The highest BCUT2D eigenvalue weighted by Gasteiger charge is 2.41. The second-order valence-corrected chi connectivity index (χ2v) is 5.83. The molecule has 0 aliphatic heterocycles. The van der Waals surface area contributed by atoms with Crippen LogP contribution in [0.15, 0.2) is 59.8 Å². The Bertz CT molecular complexity index is 1170. The van der Waals surface area contributed by atoms with Gasteiger partial charge in [-0.2, -0.15) is 13.2 Å². The maximum atomic E-state index is 13.5. The quantitative estimate of drug-likeness (QED) is 0.556. The summed E-state index contributed by atoms with van der Waals surface area (Å²) in [5, 5.41) is 12.5. The van der Waals surface area contributed by atoms with Gasteiger partial charge < -0.3 is 9.63 Å². The van der Waals surface area contributed by atoms with E-state index in [4.69, 9.17) is 5.11 Å². The van der Waals surface area contributed by atoms with Crippen LogP contribution in [0.4, 0.5) is 13.2 Å². The lowest BCUT2D eigenvalue weighted by Gasteiger charge is -2.05. The van der Waals surface area contributed by atoms with Crippen molar-refractivity contribution in [1.29, 1.82) is 0 Å². The van der Waals surface area contributed by atoms with E-state index in [9.17, 15) is 18.0 Å². The fourth-order valence-corrected chi connectivity index (χ4v) is 2.66. The fraction of sp³-hybridized carbons (Fsp3) is 0.0556. The minimum atomic E-state index is -4.78. The summed E-state index contributed by atoms with van der Waals surface area (Å²) in [4.78, 5) is 22.6. The molecule has 0 aliphatic carbocycles. The van der Waals surface area contributed by atoms with Crippen molar-refractivity contribution in [2.45, 2.75) is 6.18 Å². The Labute approximate surface area is 160 Å². The first-order valence-electron chi connectivity index (χ1n) is 8.07. The SMILES string of the molecule is O=C(O)c1cnc(-n2cnc(-c3c(-c4ccccc4)noc3C(F)(F)F)c2)cn1. The number of rotatable bonds is 4. The Morgan fingerprint density at radius 1 is 1.07 bits per heavy atom. The molecule has 4 aromatic rings. The zero-order valence-electron chi connectivity index (χ0n) is 14.3. The van der Waals surface area contributed by atoms with Gasteiger partial charge in [-0.25, -0.2) is 19.7 Å². The summed E-state index contributed by atoms with van der Waals surface area (Å²) in [6.07, 6.45) is -0.0267. The lowest BCUT2D eigenvalue weighted by atomic mass is 10.0.